The van der Waals surface area contributed by atoms with Crippen molar-refractivity contribution in [2.45, 2.75) is 12.8 Å². The van der Waals surface area contributed by atoms with Gasteiger partial charge < -0.3 is 15.1 Å². The molecule has 1 atom stereocenters. The quantitative estimate of drug-likeness (QED) is 0.843. The van der Waals surface area contributed by atoms with Gasteiger partial charge in [-0.1, -0.05) is 0 Å². The van der Waals surface area contributed by atoms with Crippen LogP contribution in [0.4, 0.5) is 0 Å². The van der Waals surface area contributed by atoms with Crippen LogP contribution in [0.2, 0.25) is 0 Å². The molecule has 0 aliphatic carbocycles. The number of carbonyl (C=O) groups is 1. The average Bonchev–Trinajstić information content (AvgIpc) is 2.90. The molecule has 5 heteroatoms. The van der Waals surface area contributed by atoms with E-state index in [0.717, 1.165) is 26.1 Å². The van der Waals surface area contributed by atoms with Gasteiger partial charge in [0.1, 0.15) is 0 Å². The molecular formula is C11H17ClN2O2. The number of hydrogen-bond acceptors (Lipinski definition) is 3. The molecule has 1 aromatic heterocycles. The molecule has 2 N–H and O–H groups in total. The smallest absolute Gasteiger partial charge is 0.286 e. The number of furan rings is 1. The molecule has 4 nitrogen and oxygen atoms in total. The number of carbonyl (C=O) groups excluding carboxylic acids is 1. The van der Waals surface area contributed by atoms with E-state index in [1.807, 2.05) is 0 Å². The summed E-state index contributed by atoms with van der Waals surface area (Å²) in [6.45, 7) is 2.92. The van der Waals surface area contributed by atoms with Crippen molar-refractivity contribution in [3.05, 3.63) is 24.2 Å². The lowest BCUT2D eigenvalue weighted by molar-refractivity contribution is 0.0924. The molecule has 1 amide bonds. The molecule has 0 bridgehead atoms. The molecule has 16 heavy (non-hydrogen) atoms. The monoisotopic (exact) mass is 244 g/mol. The van der Waals surface area contributed by atoms with E-state index in [4.69, 9.17) is 4.42 Å². The van der Waals surface area contributed by atoms with Crippen molar-refractivity contribution in [2.24, 2.45) is 5.92 Å². The second-order valence-corrected chi connectivity index (χ2v) is 3.88. The fourth-order valence-electron chi connectivity index (χ4n) is 1.85. The molecular weight excluding hydrogens is 228 g/mol. The predicted octanol–water partition coefficient (Wildman–Crippen LogP) is 1.43. The van der Waals surface area contributed by atoms with E-state index in [0.29, 0.717) is 11.7 Å². The first kappa shape index (κ1) is 13.1. The van der Waals surface area contributed by atoms with Gasteiger partial charge in [-0.25, -0.2) is 0 Å². The Hall–Kier alpha value is -1.00. The summed E-state index contributed by atoms with van der Waals surface area (Å²) in [6, 6.07) is 3.39. The normalized spacial score (nSPS) is 19.1. The third-order valence-electron chi connectivity index (χ3n) is 2.75. The molecule has 0 aromatic carbocycles. The highest BCUT2D eigenvalue weighted by Crippen LogP contribution is 2.10. The lowest BCUT2D eigenvalue weighted by atomic mass is 10.1. The SMILES string of the molecule is Cl.O=C(NCCC1CCNC1)c1ccco1. The minimum absolute atomic E-state index is 0. The van der Waals surface area contributed by atoms with Crippen molar-refractivity contribution >= 4 is 18.3 Å². The topological polar surface area (TPSA) is 54.3 Å². The van der Waals surface area contributed by atoms with Crippen molar-refractivity contribution in [3.8, 4) is 0 Å². The zero-order chi connectivity index (χ0) is 10.5. The standard InChI is InChI=1S/C11H16N2O2.ClH/c14-11(10-2-1-7-15-10)13-6-4-9-3-5-12-8-9;/h1-2,7,9,12H,3-6,8H2,(H,13,14);1H. The molecule has 2 heterocycles. The lowest BCUT2D eigenvalue weighted by Crippen LogP contribution is -2.26. The van der Waals surface area contributed by atoms with Gasteiger partial charge in [-0.2, -0.15) is 0 Å². The maximum atomic E-state index is 11.5. The summed E-state index contributed by atoms with van der Waals surface area (Å²) in [5, 5.41) is 6.16. The molecule has 90 valence electrons. The van der Waals surface area contributed by atoms with Gasteiger partial charge in [0.25, 0.3) is 5.91 Å². The summed E-state index contributed by atoms with van der Waals surface area (Å²) in [5.74, 6) is 0.979. The number of amides is 1. The predicted molar refractivity (Wildman–Crippen MR) is 63.9 cm³/mol. The fourth-order valence-corrected chi connectivity index (χ4v) is 1.85. The third-order valence-corrected chi connectivity index (χ3v) is 2.75. The Morgan fingerprint density at radius 3 is 3.12 bits per heavy atom. The molecule has 1 aromatic rings. The summed E-state index contributed by atoms with van der Waals surface area (Å²) in [7, 11) is 0. The number of nitrogens with one attached hydrogen (secondary N) is 2. The summed E-state index contributed by atoms with van der Waals surface area (Å²) < 4.78 is 4.99. The Bertz CT molecular complexity index is 308. The second kappa shape index (κ2) is 6.55. The Labute approximate surface area is 101 Å². The maximum Gasteiger partial charge on any atom is 0.286 e. The molecule has 0 saturated carbocycles. The van der Waals surface area contributed by atoms with Gasteiger partial charge in [-0.05, 0) is 44.0 Å². The summed E-state index contributed by atoms with van der Waals surface area (Å²) in [5.41, 5.74) is 0. The number of hydrogen-bond donors (Lipinski definition) is 2. The molecule has 0 radical (unpaired) electrons. The van der Waals surface area contributed by atoms with Crippen LogP contribution in [0, 0.1) is 5.92 Å². The van der Waals surface area contributed by atoms with Gasteiger partial charge in [0.15, 0.2) is 5.76 Å². The van der Waals surface area contributed by atoms with Crippen LogP contribution in [-0.4, -0.2) is 25.5 Å². The zero-order valence-electron chi connectivity index (χ0n) is 9.07. The molecule has 1 unspecified atom stereocenters. The average molecular weight is 245 g/mol. The second-order valence-electron chi connectivity index (χ2n) is 3.88. The van der Waals surface area contributed by atoms with Gasteiger partial charge in [0, 0.05) is 6.54 Å². The largest absolute Gasteiger partial charge is 0.459 e. The van der Waals surface area contributed by atoms with Crippen LogP contribution in [0.1, 0.15) is 23.4 Å². The fraction of sp³-hybridized carbons (Fsp3) is 0.545. The first-order valence-corrected chi connectivity index (χ1v) is 5.38. The maximum absolute atomic E-state index is 11.5. The van der Waals surface area contributed by atoms with Gasteiger partial charge >= 0.3 is 0 Å². The van der Waals surface area contributed by atoms with Crippen molar-refractivity contribution < 1.29 is 9.21 Å². The molecule has 1 saturated heterocycles. The lowest BCUT2D eigenvalue weighted by Gasteiger charge is -2.08. The molecule has 1 aliphatic rings. The van der Waals surface area contributed by atoms with E-state index in [1.165, 1.54) is 12.7 Å². The number of rotatable bonds is 4. The molecule has 2 rings (SSSR count). The molecule has 1 fully saturated rings. The van der Waals surface area contributed by atoms with Crippen molar-refractivity contribution in [1.82, 2.24) is 10.6 Å². The summed E-state index contributed by atoms with van der Waals surface area (Å²) >= 11 is 0. The first-order chi connectivity index (χ1) is 7.36. The number of halogens is 1. The van der Waals surface area contributed by atoms with E-state index in [1.54, 1.807) is 12.1 Å². The van der Waals surface area contributed by atoms with Crippen molar-refractivity contribution in [3.63, 3.8) is 0 Å². The van der Waals surface area contributed by atoms with Crippen LogP contribution in [0.25, 0.3) is 0 Å². The van der Waals surface area contributed by atoms with E-state index in [2.05, 4.69) is 10.6 Å². The zero-order valence-corrected chi connectivity index (χ0v) is 9.89. The van der Waals surface area contributed by atoms with Gasteiger partial charge in [-0.15, -0.1) is 12.4 Å². The van der Waals surface area contributed by atoms with Crippen molar-refractivity contribution in [1.29, 1.82) is 0 Å². The third kappa shape index (κ3) is 3.54. The van der Waals surface area contributed by atoms with Crippen LogP contribution < -0.4 is 10.6 Å². The minimum Gasteiger partial charge on any atom is -0.459 e. The first-order valence-electron chi connectivity index (χ1n) is 5.38. The summed E-state index contributed by atoms with van der Waals surface area (Å²) in [6.07, 6.45) is 3.77. The van der Waals surface area contributed by atoms with Crippen LogP contribution in [-0.2, 0) is 0 Å². The Morgan fingerprint density at radius 1 is 1.62 bits per heavy atom. The summed E-state index contributed by atoms with van der Waals surface area (Å²) in [4.78, 5) is 11.5. The van der Waals surface area contributed by atoms with Crippen LogP contribution >= 0.6 is 12.4 Å². The van der Waals surface area contributed by atoms with Crippen LogP contribution in [0.3, 0.4) is 0 Å². The highest BCUT2D eigenvalue weighted by molar-refractivity contribution is 5.91. The van der Waals surface area contributed by atoms with Crippen molar-refractivity contribution in [2.75, 3.05) is 19.6 Å². The Balaban J connectivity index is 0.00000128. The highest BCUT2D eigenvalue weighted by atomic mass is 35.5. The Kier molecular flexibility index (Phi) is 5.35. The van der Waals surface area contributed by atoms with E-state index in [-0.39, 0.29) is 18.3 Å². The van der Waals surface area contributed by atoms with Gasteiger partial charge in [-0.3, -0.25) is 4.79 Å². The van der Waals surface area contributed by atoms with Gasteiger partial charge in [0.05, 0.1) is 6.26 Å². The van der Waals surface area contributed by atoms with E-state index < -0.39 is 0 Å². The van der Waals surface area contributed by atoms with Crippen LogP contribution in [0.15, 0.2) is 22.8 Å². The highest BCUT2D eigenvalue weighted by Gasteiger charge is 2.14. The molecule has 1 aliphatic heterocycles. The van der Waals surface area contributed by atoms with E-state index >= 15 is 0 Å². The van der Waals surface area contributed by atoms with E-state index in [9.17, 15) is 4.79 Å². The Morgan fingerprint density at radius 2 is 2.50 bits per heavy atom. The molecule has 0 spiro atoms. The van der Waals surface area contributed by atoms with Crippen LogP contribution in [0.5, 0.6) is 0 Å². The van der Waals surface area contributed by atoms with Gasteiger partial charge in [0.2, 0.25) is 0 Å². The minimum atomic E-state index is -0.119.